The van der Waals surface area contributed by atoms with E-state index >= 15 is 0 Å². The van der Waals surface area contributed by atoms with Gasteiger partial charge >= 0.3 is 5.97 Å². The average Bonchev–Trinajstić information content (AvgIpc) is 3.16. The lowest BCUT2D eigenvalue weighted by atomic mass is 9.68. The molecule has 4 aliphatic rings. The van der Waals surface area contributed by atoms with E-state index < -0.39 is 18.0 Å². The van der Waals surface area contributed by atoms with E-state index in [2.05, 4.69) is 36.1 Å². The topological polar surface area (TPSA) is 88.5 Å². The Kier molecular flexibility index (Phi) is 8.94. The summed E-state index contributed by atoms with van der Waals surface area (Å²) in [6.07, 6.45) is 8.96. The Bertz CT molecular complexity index is 1480. The molecule has 1 saturated carbocycles. The average molecular weight is 637 g/mol. The molecule has 2 heterocycles. The highest BCUT2D eigenvalue weighted by Crippen LogP contribution is 2.48. The minimum Gasteiger partial charge on any atom is -0.490 e. The molecule has 45 heavy (non-hydrogen) atoms. The number of methoxy groups -OCH3 is 2. The molecule has 2 bridgehead atoms. The van der Waals surface area contributed by atoms with Crippen molar-refractivity contribution in [3.63, 3.8) is 0 Å². The standard InChI is InChI=1S/C36H45ClN2O6/c1-23-7-13-31(43-3)28-11-8-25(28)20-39-21-35(15-5-6-24-16-27(37)10-12-29(24)35)22-45-32-14-9-26(17-30(32)39)36(42,34(41)44-4)18-33(40)38(2)19-23/h7,9-10,12-14,16-17,23,25,28,31,42H,5-6,8,11,15,18-22H2,1-4H3/b13-7+/t23?,25-,28+,31?,35-,36+/m0/s1. The summed E-state index contributed by atoms with van der Waals surface area (Å²) in [4.78, 5) is 30.7. The van der Waals surface area contributed by atoms with Crippen LogP contribution in [0.2, 0.25) is 5.02 Å². The third kappa shape index (κ3) is 5.97. The maximum Gasteiger partial charge on any atom is 0.343 e. The first-order chi connectivity index (χ1) is 21.6. The molecule has 2 aliphatic heterocycles. The Balaban J connectivity index is 1.47. The number of carbonyl (C=O) groups is 2. The molecule has 0 saturated heterocycles. The first kappa shape index (κ1) is 31.9. The van der Waals surface area contributed by atoms with E-state index in [1.54, 1.807) is 25.1 Å². The number of benzene rings is 2. The van der Waals surface area contributed by atoms with Crippen molar-refractivity contribution in [3.8, 4) is 5.75 Å². The molecule has 1 spiro atoms. The van der Waals surface area contributed by atoms with Crippen molar-refractivity contribution in [1.29, 1.82) is 0 Å². The lowest BCUT2D eigenvalue weighted by Gasteiger charge is -2.46. The summed E-state index contributed by atoms with van der Waals surface area (Å²) >= 11 is 6.44. The number of fused-ring (bicyclic) bond motifs is 4. The summed E-state index contributed by atoms with van der Waals surface area (Å²) in [5.74, 6) is 0.269. The molecule has 6 atom stereocenters. The number of nitrogens with zero attached hydrogens (tertiary/aromatic N) is 2. The van der Waals surface area contributed by atoms with Crippen LogP contribution in [-0.2, 0) is 36.5 Å². The van der Waals surface area contributed by atoms with Crippen molar-refractivity contribution in [2.24, 2.45) is 17.8 Å². The maximum absolute atomic E-state index is 13.5. The normalized spacial score (nSPS) is 32.4. The second-order valence-electron chi connectivity index (χ2n) is 13.7. The molecule has 1 fully saturated rings. The van der Waals surface area contributed by atoms with Crippen molar-refractivity contribution in [2.45, 2.75) is 62.6 Å². The molecule has 242 valence electrons. The van der Waals surface area contributed by atoms with Crippen LogP contribution in [0.25, 0.3) is 0 Å². The van der Waals surface area contributed by atoms with Crippen molar-refractivity contribution in [2.75, 3.05) is 52.4 Å². The van der Waals surface area contributed by atoms with Crippen LogP contribution in [0.1, 0.15) is 55.7 Å². The smallest absolute Gasteiger partial charge is 0.343 e. The lowest BCUT2D eigenvalue weighted by Crippen LogP contribution is -2.49. The molecule has 2 aliphatic carbocycles. The summed E-state index contributed by atoms with van der Waals surface area (Å²) in [5, 5.41) is 12.7. The molecule has 2 unspecified atom stereocenters. The molecule has 2 aromatic carbocycles. The number of rotatable bonds is 2. The maximum atomic E-state index is 13.5. The number of carbonyl (C=O) groups excluding carboxylic acids is 2. The van der Waals surface area contributed by atoms with Crippen LogP contribution in [0.4, 0.5) is 5.69 Å². The number of hydrogen-bond acceptors (Lipinski definition) is 7. The Morgan fingerprint density at radius 3 is 2.67 bits per heavy atom. The molecule has 9 heteroatoms. The Morgan fingerprint density at radius 2 is 1.93 bits per heavy atom. The van der Waals surface area contributed by atoms with Gasteiger partial charge in [0.05, 0.1) is 31.9 Å². The van der Waals surface area contributed by atoms with Crippen LogP contribution in [0.3, 0.4) is 0 Å². The molecule has 1 amide bonds. The van der Waals surface area contributed by atoms with Gasteiger partial charge in [-0.2, -0.15) is 0 Å². The minimum atomic E-state index is -2.16. The predicted molar refractivity (Wildman–Crippen MR) is 174 cm³/mol. The summed E-state index contributed by atoms with van der Waals surface area (Å²) in [6.45, 7) is 4.49. The van der Waals surface area contributed by atoms with E-state index in [0.29, 0.717) is 42.8 Å². The first-order valence-electron chi connectivity index (χ1n) is 16.1. The fraction of sp³-hybridized carbons (Fsp3) is 0.556. The van der Waals surface area contributed by atoms with Crippen LogP contribution in [0.15, 0.2) is 48.6 Å². The molecular formula is C36H45ClN2O6. The number of esters is 1. The highest BCUT2D eigenvalue weighted by atomic mass is 35.5. The van der Waals surface area contributed by atoms with E-state index in [0.717, 1.165) is 49.4 Å². The van der Waals surface area contributed by atoms with E-state index in [1.165, 1.54) is 18.2 Å². The zero-order valence-electron chi connectivity index (χ0n) is 26.8. The first-order valence-corrected chi connectivity index (χ1v) is 16.5. The van der Waals surface area contributed by atoms with Crippen LogP contribution >= 0.6 is 11.6 Å². The van der Waals surface area contributed by atoms with Crippen LogP contribution in [0.5, 0.6) is 5.75 Å². The van der Waals surface area contributed by atoms with Gasteiger partial charge in [0.15, 0.2) is 5.60 Å². The van der Waals surface area contributed by atoms with E-state index in [9.17, 15) is 14.7 Å². The number of aliphatic hydroxyl groups is 1. The van der Waals surface area contributed by atoms with Crippen LogP contribution in [0, 0.1) is 17.8 Å². The summed E-state index contributed by atoms with van der Waals surface area (Å²) in [6, 6.07) is 11.6. The third-order valence-electron chi connectivity index (χ3n) is 10.7. The zero-order valence-corrected chi connectivity index (χ0v) is 27.5. The van der Waals surface area contributed by atoms with Crippen LogP contribution in [-0.4, -0.2) is 75.5 Å². The van der Waals surface area contributed by atoms with Gasteiger partial charge in [0.25, 0.3) is 0 Å². The van der Waals surface area contributed by atoms with Gasteiger partial charge in [0, 0.05) is 44.2 Å². The highest BCUT2D eigenvalue weighted by Gasteiger charge is 2.46. The Hall–Kier alpha value is -3.07. The molecule has 0 radical (unpaired) electrons. The van der Waals surface area contributed by atoms with Crippen molar-refractivity contribution in [3.05, 3.63) is 70.3 Å². The van der Waals surface area contributed by atoms with E-state index in [4.69, 9.17) is 25.8 Å². The fourth-order valence-electron chi connectivity index (χ4n) is 8.01. The number of ether oxygens (including phenoxy) is 3. The summed E-state index contributed by atoms with van der Waals surface area (Å²) in [7, 11) is 4.71. The Labute approximate surface area is 271 Å². The molecule has 2 aromatic rings. The number of halogens is 1. The SMILES string of the molecule is COC(=O)[C@@]1(O)CC(=O)N(C)CC(C)/C=C/C(OC)[C@@H]2CC[C@H]2CN2C[C@@]3(CCCc4cc(Cl)ccc43)COc3ccc1cc32. The van der Waals surface area contributed by atoms with Gasteiger partial charge in [-0.1, -0.05) is 42.8 Å². The number of hydrogen-bond donors (Lipinski definition) is 1. The molecular weight excluding hydrogens is 592 g/mol. The predicted octanol–water partition coefficient (Wildman–Crippen LogP) is 5.27. The third-order valence-corrected chi connectivity index (χ3v) is 10.9. The molecule has 8 nitrogen and oxygen atoms in total. The second kappa shape index (κ2) is 12.6. The Morgan fingerprint density at radius 1 is 1.11 bits per heavy atom. The van der Waals surface area contributed by atoms with Crippen molar-refractivity contribution in [1.82, 2.24) is 4.90 Å². The van der Waals surface area contributed by atoms with Crippen molar-refractivity contribution < 1.29 is 28.9 Å². The minimum absolute atomic E-state index is 0.0231. The summed E-state index contributed by atoms with van der Waals surface area (Å²) < 4.78 is 17.7. The van der Waals surface area contributed by atoms with Gasteiger partial charge < -0.3 is 29.1 Å². The van der Waals surface area contributed by atoms with Gasteiger partial charge in [0.1, 0.15) is 5.75 Å². The van der Waals surface area contributed by atoms with Gasteiger partial charge in [-0.05, 0) is 90.8 Å². The summed E-state index contributed by atoms with van der Waals surface area (Å²) in [5.41, 5.74) is 1.25. The van der Waals surface area contributed by atoms with E-state index in [-0.39, 0.29) is 23.3 Å². The van der Waals surface area contributed by atoms with E-state index in [1.807, 2.05) is 18.2 Å². The lowest BCUT2D eigenvalue weighted by molar-refractivity contribution is -0.168. The quantitative estimate of drug-likeness (QED) is 0.355. The van der Waals surface area contributed by atoms with Gasteiger partial charge in [-0.3, -0.25) is 4.79 Å². The molecule has 1 N–H and O–H groups in total. The number of anilines is 1. The largest absolute Gasteiger partial charge is 0.490 e. The molecule has 6 rings (SSSR count). The fourth-order valence-corrected chi connectivity index (χ4v) is 8.21. The van der Waals surface area contributed by atoms with Gasteiger partial charge in [-0.25, -0.2) is 4.79 Å². The second-order valence-corrected chi connectivity index (χ2v) is 14.1. The van der Waals surface area contributed by atoms with Gasteiger partial charge in [-0.15, -0.1) is 0 Å². The molecule has 0 aromatic heterocycles. The van der Waals surface area contributed by atoms with Gasteiger partial charge in [0.2, 0.25) is 5.91 Å². The zero-order chi connectivity index (χ0) is 31.9. The monoisotopic (exact) mass is 636 g/mol. The number of amides is 1. The van der Waals surface area contributed by atoms with Crippen LogP contribution < -0.4 is 9.64 Å². The van der Waals surface area contributed by atoms with Crippen molar-refractivity contribution >= 4 is 29.2 Å². The highest BCUT2D eigenvalue weighted by molar-refractivity contribution is 6.30. The number of aryl methyl sites for hydroxylation is 1.